The van der Waals surface area contributed by atoms with E-state index < -0.39 is 12.0 Å². The largest absolute Gasteiger partial charge is 0.480 e. The molecule has 0 amide bonds. The number of hydrogen-bond donors (Lipinski definition) is 3. The second-order valence-electron chi connectivity index (χ2n) is 3.86. The number of hydrogen-bond acceptors (Lipinski definition) is 3. The van der Waals surface area contributed by atoms with Crippen molar-refractivity contribution >= 4 is 5.97 Å². The summed E-state index contributed by atoms with van der Waals surface area (Å²) < 4.78 is 0. The molecule has 1 atom stereocenters. The molecule has 0 aromatic heterocycles. The van der Waals surface area contributed by atoms with Gasteiger partial charge in [-0.1, -0.05) is 24.3 Å². The Balaban J connectivity index is 2.54. The first kappa shape index (κ1) is 12.7. The number of carbonyl (C=O) groups is 1. The third-order valence-corrected chi connectivity index (χ3v) is 2.47. The van der Waals surface area contributed by atoms with Crippen molar-refractivity contribution in [1.82, 2.24) is 0 Å². The average molecular weight is 222 g/mol. The number of aryl methyl sites for hydroxylation is 1. The number of aliphatic carboxylic acids is 1. The van der Waals surface area contributed by atoms with Gasteiger partial charge in [-0.05, 0) is 36.9 Å². The molecule has 0 radical (unpaired) electrons. The quantitative estimate of drug-likeness (QED) is 0.655. The highest BCUT2D eigenvalue weighted by atomic mass is 16.4. The van der Waals surface area contributed by atoms with Gasteiger partial charge < -0.3 is 16.6 Å². The van der Waals surface area contributed by atoms with Crippen LogP contribution >= 0.6 is 0 Å². The van der Waals surface area contributed by atoms with Crippen LogP contribution in [0.15, 0.2) is 24.3 Å². The Bertz CT molecular complexity index is 335. The Kier molecular flexibility index (Phi) is 4.95. The predicted molar refractivity (Wildman–Crippen MR) is 63.1 cm³/mol. The standard InChI is InChI=1S/C12H18N2O2/c13-7-1-2-9-3-5-10(6-4-9)8-11(14)12(15)16/h3-6,11H,1-2,7-8,13-14H2,(H,15,16)/t11-/m0/s1. The molecule has 1 aromatic carbocycles. The van der Waals surface area contributed by atoms with Crippen LogP contribution in [0.25, 0.3) is 0 Å². The van der Waals surface area contributed by atoms with Crippen molar-refractivity contribution in [3.8, 4) is 0 Å². The molecule has 0 aliphatic heterocycles. The van der Waals surface area contributed by atoms with E-state index in [1.165, 1.54) is 5.56 Å². The van der Waals surface area contributed by atoms with E-state index in [1.807, 2.05) is 24.3 Å². The van der Waals surface area contributed by atoms with E-state index in [9.17, 15) is 4.79 Å². The van der Waals surface area contributed by atoms with Crippen molar-refractivity contribution in [2.24, 2.45) is 11.5 Å². The molecule has 0 fully saturated rings. The Morgan fingerprint density at radius 1 is 1.25 bits per heavy atom. The number of carboxylic acid groups (broad SMARTS) is 1. The van der Waals surface area contributed by atoms with Crippen LogP contribution in [0.3, 0.4) is 0 Å². The van der Waals surface area contributed by atoms with E-state index in [0.29, 0.717) is 13.0 Å². The van der Waals surface area contributed by atoms with Gasteiger partial charge in [-0.2, -0.15) is 0 Å². The van der Waals surface area contributed by atoms with E-state index in [1.54, 1.807) is 0 Å². The minimum Gasteiger partial charge on any atom is -0.480 e. The molecule has 0 spiro atoms. The van der Waals surface area contributed by atoms with Crippen molar-refractivity contribution in [2.75, 3.05) is 6.54 Å². The number of rotatable bonds is 6. The van der Waals surface area contributed by atoms with E-state index in [0.717, 1.165) is 18.4 Å². The summed E-state index contributed by atoms with van der Waals surface area (Å²) in [6, 6.07) is 7.03. The summed E-state index contributed by atoms with van der Waals surface area (Å²) in [5.41, 5.74) is 13.0. The smallest absolute Gasteiger partial charge is 0.320 e. The maximum Gasteiger partial charge on any atom is 0.320 e. The maximum absolute atomic E-state index is 10.6. The molecule has 16 heavy (non-hydrogen) atoms. The molecular weight excluding hydrogens is 204 g/mol. The van der Waals surface area contributed by atoms with Crippen LogP contribution in [-0.2, 0) is 17.6 Å². The van der Waals surface area contributed by atoms with Crippen LogP contribution in [-0.4, -0.2) is 23.7 Å². The molecule has 4 heteroatoms. The molecule has 0 aliphatic carbocycles. The van der Waals surface area contributed by atoms with E-state index >= 15 is 0 Å². The lowest BCUT2D eigenvalue weighted by Gasteiger charge is -2.07. The molecule has 0 saturated carbocycles. The van der Waals surface area contributed by atoms with Crippen LogP contribution < -0.4 is 11.5 Å². The molecule has 0 heterocycles. The molecule has 5 N–H and O–H groups in total. The molecule has 0 saturated heterocycles. The molecule has 88 valence electrons. The minimum atomic E-state index is -0.966. The summed E-state index contributed by atoms with van der Waals surface area (Å²) >= 11 is 0. The van der Waals surface area contributed by atoms with Gasteiger partial charge >= 0.3 is 5.97 Å². The fraction of sp³-hybridized carbons (Fsp3) is 0.417. The first-order valence-electron chi connectivity index (χ1n) is 5.39. The van der Waals surface area contributed by atoms with Gasteiger partial charge in [0.25, 0.3) is 0 Å². The van der Waals surface area contributed by atoms with Gasteiger partial charge in [-0.3, -0.25) is 4.79 Å². The highest BCUT2D eigenvalue weighted by molar-refractivity contribution is 5.73. The molecule has 0 aliphatic rings. The van der Waals surface area contributed by atoms with Crippen molar-refractivity contribution in [3.63, 3.8) is 0 Å². The van der Waals surface area contributed by atoms with Gasteiger partial charge in [0.15, 0.2) is 0 Å². The summed E-state index contributed by atoms with van der Waals surface area (Å²) in [6.45, 7) is 0.686. The molecule has 1 aromatic rings. The monoisotopic (exact) mass is 222 g/mol. The zero-order valence-electron chi connectivity index (χ0n) is 9.23. The SMILES string of the molecule is NCCCc1ccc(C[C@H](N)C(=O)O)cc1. The zero-order chi connectivity index (χ0) is 12.0. The number of nitrogens with two attached hydrogens (primary N) is 2. The molecule has 4 nitrogen and oxygen atoms in total. The first-order valence-corrected chi connectivity index (χ1v) is 5.39. The summed E-state index contributed by atoms with van der Waals surface area (Å²) in [7, 11) is 0. The summed E-state index contributed by atoms with van der Waals surface area (Å²) in [6.07, 6.45) is 2.29. The second-order valence-corrected chi connectivity index (χ2v) is 3.86. The van der Waals surface area contributed by atoms with Crippen LogP contribution in [0.1, 0.15) is 17.5 Å². The first-order chi connectivity index (χ1) is 7.63. The Morgan fingerprint density at radius 2 is 1.81 bits per heavy atom. The molecule has 0 unspecified atom stereocenters. The highest BCUT2D eigenvalue weighted by Crippen LogP contribution is 2.08. The van der Waals surface area contributed by atoms with Crippen LogP contribution in [0, 0.1) is 0 Å². The second kappa shape index (κ2) is 6.25. The van der Waals surface area contributed by atoms with Crippen LogP contribution in [0.4, 0.5) is 0 Å². The van der Waals surface area contributed by atoms with Gasteiger partial charge in [0, 0.05) is 0 Å². The van der Waals surface area contributed by atoms with Gasteiger partial charge in [0.1, 0.15) is 6.04 Å². The lowest BCUT2D eigenvalue weighted by atomic mass is 10.0. The fourth-order valence-electron chi connectivity index (χ4n) is 1.49. The third kappa shape index (κ3) is 4.00. The number of benzene rings is 1. The summed E-state index contributed by atoms with van der Waals surface area (Å²) in [5.74, 6) is -0.966. The van der Waals surface area contributed by atoms with E-state index in [4.69, 9.17) is 16.6 Å². The van der Waals surface area contributed by atoms with Gasteiger partial charge in [-0.25, -0.2) is 0 Å². The molecule has 1 rings (SSSR count). The van der Waals surface area contributed by atoms with Gasteiger partial charge in [0.05, 0.1) is 0 Å². The normalized spacial score (nSPS) is 12.4. The Hall–Kier alpha value is -1.39. The lowest BCUT2D eigenvalue weighted by Crippen LogP contribution is -2.32. The molecule has 0 bridgehead atoms. The zero-order valence-corrected chi connectivity index (χ0v) is 9.23. The molecular formula is C12H18N2O2. The summed E-state index contributed by atoms with van der Waals surface area (Å²) in [5, 5.41) is 8.68. The highest BCUT2D eigenvalue weighted by Gasteiger charge is 2.11. The predicted octanol–water partition coefficient (Wildman–Crippen LogP) is 0.532. The fourth-order valence-corrected chi connectivity index (χ4v) is 1.49. The topological polar surface area (TPSA) is 89.3 Å². The average Bonchev–Trinajstić information content (AvgIpc) is 2.28. The lowest BCUT2D eigenvalue weighted by molar-refractivity contribution is -0.138. The third-order valence-electron chi connectivity index (χ3n) is 2.47. The Labute approximate surface area is 95.3 Å². The van der Waals surface area contributed by atoms with Gasteiger partial charge in [0.2, 0.25) is 0 Å². The Morgan fingerprint density at radius 3 is 2.31 bits per heavy atom. The van der Waals surface area contributed by atoms with Crippen LogP contribution in [0.5, 0.6) is 0 Å². The maximum atomic E-state index is 10.6. The van der Waals surface area contributed by atoms with Gasteiger partial charge in [-0.15, -0.1) is 0 Å². The van der Waals surface area contributed by atoms with Crippen molar-refractivity contribution < 1.29 is 9.90 Å². The van der Waals surface area contributed by atoms with E-state index in [-0.39, 0.29) is 0 Å². The van der Waals surface area contributed by atoms with Crippen LogP contribution in [0.2, 0.25) is 0 Å². The number of carboxylic acids is 1. The van der Waals surface area contributed by atoms with Crippen molar-refractivity contribution in [2.45, 2.75) is 25.3 Å². The van der Waals surface area contributed by atoms with E-state index in [2.05, 4.69) is 0 Å². The minimum absolute atomic E-state index is 0.368. The van der Waals surface area contributed by atoms with Crippen molar-refractivity contribution in [3.05, 3.63) is 35.4 Å². The summed E-state index contributed by atoms with van der Waals surface area (Å²) in [4.78, 5) is 10.6. The van der Waals surface area contributed by atoms with Crippen molar-refractivity contribution in [1.29, 1.82) is 0 Å².